The van der Waals surface area contributed by atoms with Crippen LogP contribution in [0.2, 0.25) is 0 Å². The van der Waals surface area contributed by atoms with Crippen LogP contribution < -0.4 is 0 Å². The number of nitrogens with zero attached hydrogens (tertiary/aromatic N) is 3. The Morgan fingerprint density at radius 3 is 2.95 bits per heavy atom. The summed E-state index contributed by atoms with van der Waals surface area (Å²) >= 11 is 6.81. The summed E-state index contributed by atoms with van der Waals surface area (Å²) in [6, 6.07) is 3.94. The molecular weight excluding hydrogens is 280 g/mol. The second-order valence-corrected chi connectivity index (χ2v) is 5.84. The number of H-pyrrole nitrogens is 1. The maximum Gasteiger partial charge on any atom is 0.242 e. The van der Waals surface area contributed by atoms with Gasteiger partial charge in [-0.05, 0) is 36.5 Å². The van der Waals surface area contributed by atoms with Crippen molar-refractivity contribution in [1.82, 2.24) is 19.7 Å². The highest BCUT2D eigenvalue weighted by Crippen LogP contribution is 2.23. The van der Waals surface area contributed by atoms with Crippen molar-refractivity contribution in [2.45, 2.75) is 19.4 Å². The number of likely N-dealkylation sites (tertiary alicyclic amines) is 1. The fraction of sp³-hybridized carbons (Fsp3) is 0.417. The van der Waals surface area contributed by atoms with E-state index in [1.165, 1.54) is 0 Å². The van der Waals surface area contributed by atoms with E-state index < -0.39 is 0 Å². The lowest BCUT2D eigenvalue weighted by molar-refractivity contribution is -0.130. The van der Waals surface area contributed by atoms with Crippen molar-refractivity contribution in [2.75, 3.05) is 13.1 Å². The molecular formula is C12H14N4OS2. The van der Waals surface area contributed by atoms with Gasteiger partial charge in [-0.25, -0.2) is 0 Å². The normalized spacial score (nSPS) is 15.1. The molecule has 0 atom stereocenters. The summed E-state index contributed by atoms with van der Waals surface area (Å²) in [5, 5.41) is 8.98. The van der Waals surface area contributed by atoms with Crippen LogP contribution in [0.15, 0.2) is 17.5 Å². The summed E-state index contributed by atoms with van der Waals surface area (Å²) in [5.74, 6) is 0.861. The Morgan fingerprint density at radius 2 is 2.26 bits per heavy atom. The van der Waals surface area contributed by atoms with Gasteiger partial charge in [-0.3, -0.25) is 14.5 Å². The molecule has 0 unspecified atom stereocenters. The summed E-state index contributed by atoms with van der Waals surface area (Å²) in [5.41, 5.74) is 0. The Labute approximate surface area is 119 Å². The Morgan fingerprint density at radius 1 is 1.47 bits per heavy atom. The van der Waals surface area contributed by atoms with Gasteiger partial charge in [0.2, 0.25) is 5.91 Å². The van der Waals surface area contributed by atoms with Gasteiger partial charge in [0.15, 0.2) is 10.6 Å². The lowest BCUT2D eigenvalue weighted by Crippen LogP contribution is -2.31. The lowest BCUT2D eigenvalue weighted by Gasteiger charge is -2.15. The van der Waals surface area contributed by atoms with Crippen LogP contribution in [0.3, 0.4) is 0 Å². The number of carbonyl (C=O) groups is 1. The van der Waals surface area contributed by atoms with Crippen molar-refractivity contribution < 1.29 is 4.79 Å². The van der Waals surface area contributed by atoms with Crippen LogP contribution in [0, 0.1) is 4.77 Å². The number of thiophene rings is 1. The largest absolute Gasteiger partial charge is 0.341 e. The number of aromatic amines is 1. The molecule has 2 aromatic rings. The first-order valence-electron chi connectivity index (χ1n) is 6.22. The minimum atomic E-state index is 0.118. The smallest absolute Gasteiger partial charge is 0.242 e. The van der Waals surface area contributed by atoms with E-state index in [4.69, 9.17) is 12.2 Å². The van der Waals surface area contributed by atoms with Gasteiger partial charge in [0.1, 0.15) is 6.54 Å². The SMILES string of the molecule is O=C(Cn1c(-c2cccs2)n[nH]c1=S)N1CCCC1. The molecule has 5 nitrogen and oxygen atoms in total. The van der Waals surface area contributed by atoms with E-state index >= 15 is 0 Å². The van der Waals surface area contributed by atoms with Crippen molar-refractivity contribution in [1.29, 1.82) is 0 Å². The molecule has 1 N–H and O–H groups in total. The van der Waals surface area contributed by atoms with Gasteiger partial charge < -0.3 is 4.90 Å². The number of hydrogen-bond acceptors (Lipinski definition) is 4. The summed E-state index contributed by atoms with van der Waals surface area (Å²) in [6.07, 6.45) is 2.20. The van der Waals surface area contributed by atoms with Crippen molar-refractivity contribution >= 4 is 29.5 Å². The third-order valence-electron chi connectivity index (χ3n) is 3.25. The van der Waals surface area contributed by atoms with Crippen molar-refractivity contribution in [3.8, 4) is 10.7 Å². The van der Waals surface area contributed by atoms with Crippen LogP contribution in [-0.2, 0) is 11.3 Å². The average Bonchev–Trinajstić information content (AvgIpc) is 3.10. The van der Waals surface area contributed by atoms with Gasteiger partial charge in [0.05, 0.1) is 4.88 Å². The van der Waals surface area contributed by atoms with Crippen molar-refractivity contribution in [3.05, 3.63) is 22.3 Å². The maximum atomic E-state index is 12.2. The van der Waals surface area contributed by atoms with Crippen molar-refractivity contribution in [2.24, 2.45) is 0 Å². The molecule has 1 aliphatic rings. The monoisotopic (exact) mass is 294 g/mol. The molecule has 0 spiro atoms. The van der Waals surface area contributed by atoms with Crippen LogP contribution in [0.1, 0.15) is 12.8 Å². The van der Waals surface area contributed by atoms with E-state index in [2.05, 4.69) is 10.2 Å². The van der Waals surface area contributed by atoms with Crippen molar-refractivity contribution in [3.63, 3.8) is 0 Å². The molecule has 1 fully saturated rings. The van der Waals surface area contributed by atoms with Crippen LogP contribution >= 0.6 is 23.6 Å². The Kier molecular flexibility index (Phi) is 3.48. The van der Waals surface area contributed by atoms with Gasteiger partial charge in [-0.1, -0.05) is 6.07 Å². The fourth-order valence-electron chi connectivity index (χ4n) is 2.26. The van der Waals surface area contributed by atoms with Gasteiger partial charge in [-0.2, -0.15) is 5.10 Å². The molecule has 3 heterocycles. The maximum absolute atomic E-state index is 12.2. The minimum Gasteiger partial charge on any atom is -0.341 e. The van der Waals surface area contributed by atoms with E-state index in [0.29, 0.717) is 4.77 Å². The molecule has 0 aromatic carbocycles. The fourth-order valence-corrected chi connectivity index (χ4v) is 3.18. The van der Waals surface area contributed by atoms with E-state index in [-0.39, 0.29) is 12.5 Å². The first-order valence-corrected chi connectivity index (χ1v) is 7.51. The topological polar surface area (TPSA) is 53.9 Å². The highest BCUT2D eigenvalue weighted by atomic mass is 32.1. The number of nitrogens with one attached hydrogen (secondary N) is 1. The highest BCUT2D eigenvalue weighted by molar-refractivity contribution is 7.71. The Balaban J connectivity index is 1.86. The lowest BCUT2D eigenvalue weighted by atomic mass is 10.4. The standard InChI is InChI=1S/C12H14N4OS2/c17-10(15-5-1-2-6-15)8-16-11(13-14-12(16)18)9-4-3-7-19-9/h3-4,7H,1-2,5-6,8H2,(H,14,18). The predicted molar refractivity (Wildman–Crippen MR) is 76.5 cm³/mol. The molecule has 2 aromatic heterocycles. The Bertz CT molecular complexity index is 622. The third kappa shape index (κ3) is 2.48. The van der Waals surface area contributed by atoms with Gasteiger partial charge in [0.25, 0.3) is 0 Å². The van der Waals surface area contributed by atoms with Gasteiger partial charge in [-0.15, -0.1) is 11.3 Å². The van der Waals surface area contributed by atoms with Gasteiger partial charge >= 0.3 is 0 Å². The zero-order chi connectivity index (χ0) is 13.2. The molecule has 0 saturated carbocycles. The summed E-state index contributed by atoms with van der Waals surface area (Å²) in [4.78, 5) is 15.1. The number of hydrogen-bond donors (Lipinski definition) is 1. The van der Waals surface area contributed by atoms with Gasteiger partial charge in [0, 0.05) is 13.1 Å². The van der Waals surface area contributed by atoms with Crippen LogP contribution in [-0.4, -0.2) is 38.7 Å². The minimum absolute atomic E-state index is 0.118. The molecule has 7 heteroatoms. The molecule has 1 amide bonds. The zero-order valence-corrected chi connectivity index (χ0v) is 12.0. The van der Waals surface area contributed by atoms with Crippen LogP contribution in [0.5, 0.6) is 0 Å². The number of rotatable bonds is 3. The number of carbonyl (C=O) groups excluding carboxylic acids is 1. The predicted octanol–water partition coefficient (Wildman–Crippen LogP) is 2.29. The van der Waals surface area contributed by atoms with Crippen LogP contribution in [0.25, 0.3) is 10.7 Å². The summed E-state index contributed by atoms with van der Waals surface area (Å²) in [7, 11) is 0. The quantitative estimate of drug-likeness (QED) is 0.884. The second-order valence-electron chi connectivity index (χ2n) is 4.50. The van der Waals surface area contributed by atoms with E-state index in [1.807, 2.05) is 22.4 Å². The highest BCUT2D eigenvalue weighted by Gasteiger charge is 2.20. The van der Waals surface area contributed by atoms with E-state index in [0.717, 1.165) is 36.6 Å². The molecule has 0 radical (unpaired) electrons. The third-order valence-corrected chi connectivity index (χ3v) is 4.43. The molecule has 19 heavy (non-hydrogen) atoms. The summed E-state index contributed by atoms with van der Waals surface area (Å²) < 4.78 is 2.28. The van der Waals surface area contributed by atoms with E-state index in [1.54, 1.807) is 15.9 Å². The Hall–Kier alpha value is -1.47. The first kappa shape index (κ1) is 12.6. The van der Waals surface area contributed by atoms with E-state index in [9.17, 15) is 4.79 Å². The number of amides is 1. The molecule has 1 aliphatic heterocycles. The average molecular weight is 294 g/mol. The molecule has 0 aliphatic carbocycles. The zero-order valence-electron chi connectivity index (χ0n) is 10.3. The summed E-state index contributed by atoms with van der Waals surface area (Å²) in [6.45, 7) is 1.99. The van der Waals surface area contributed by atoms with Crippen LogP contribution in [0.4, 0.5) is 0 Å². The first-order chi connectivity index (χ1) is 9.25. The molecule has 0 bridgehead atoms. The molecule has 100 valence electrons. The molecule has 3 rings (SSSR count). The second kappa shape index (κ2) is 5.26. The number of aromatic nitrogens is 3. The molecule has 1 saturated heterocycles.